The van der Waals surface area contributed by atoms with Gasteiger partial charge in [0.1, 0.15) is 11.6 Å². The molecule has 2 aromatic rings. The molecule has 0 radical (unpaired) electrons. The highest BCUT2D eigenvalue weighted by Crippen LogP contribution is 2.28. The number of halogens is 2. The summed E-state index contributed by atoms with van der Waals surface area (Å²) < 4.78 is 19.6. The smallest absolute Gasteiger partial charge is 0.219 e. The zero-order valence-electron chi connectivity index (χ0n) is 12.3. The maximum atomic E-state index is 13.5. The lowest BCUT2D eigenvalue weighted by atomic mass is 9.91. The highest BCUT2D eigenvalue weighted by atomic mass is 79.9. The molecule has 0 atom stereocenters. The quantitative estimate of drug-likeness (QED) is 0.882. The number of benzene rings is 1. The van der Waals surface area contributed by atoms with Gasteiger partial charge in [0.25, 0.3) is 0 Å². The highest BCUT2D eigenvalue weighted by Gasteiger charge is 2.17. The summed E-state index contributed by atoms with van der Waals surface area (Å²) in [7, 11) is 0. The lowest BCUT2D eigenvalue weighted by molar-refractivity contribution is 0.446. The molecule has 0 aliphatic rings. The van der Waals surface area contributed by atoms with E-state index in [0.717, 1.165) is 11.3 Å². The number of nitrogens with two attached hydrogens (primary N) is 1. The molecular weight excluding hydrogens is 335 g/mol. The molecule has 0 unspecified atom stereocenters. The normalized spacial score (nSPS) is 11.5. The standard InChI is InChI=1S/C16H18BrFN2O/c1-16(2,3)14-6-10(9-19)7-15(20-14)21-11-4-5-12(17)13(18)8-11/h4-8H,9,19H2,1-3H3. The van der Waals surface area contributed by atoms with E-state index in [1.807, 2.05) is 6.07 Å². The van der Waals surface area contributed by atoms with Crippen LogP contribution in [0.3, 0.4) is 0 Å². The van der Waals surface area contributed by atoms with Crippen LogP contribution in [0.2, 0.25) is 0 Å². The summed E-state index contributed by atoms with van der Waals surface area (Å²) in [6.07, 6.45) is 0. The van der Waals surface area contributed by atoms with Gasteiger partial charge in [0, 0.05) is 24.1 Å². The monoisotopic (exact) mass is 352 g/mol. The third kappa shape index (κ3) is 4.02. The molecule has 3 nitrogen and oxygen atoms in total. The van der Waals surface area contributed by atoms with E-state index in [1.165, 1.54) is 6.07 Å². The number of hydrogen-bond donors (Lipinski definition) is 1. The largest absolute Gasteiger partial charge is 0.439 e. The maximum Gasteiger partial charge on any atom is 0.219 e. The summed E-state index contributed by atoms with van der Waals surface area (Å²) in [6.45, 7) is 6.60. The molecule has 2 rings (SSSR count). The molecule has 1 heterocycles. The van der Waals surface area contributed by atoms with Crippen molar-refractivity contribution >= 4 is 15.9 Å². The number of ether oxygens (including phenoxy) is 1. The molecule has 0 bridgehead atoms. The molecule has 0 saturated carbocycles. The molecule has 0 fully saturated rings. The molecule has 2 N–H and O–H groups in total. The zero-order valence-corrected chi connectivity index (χ0v) is 13.9. The summed E-state index contributed by atoms with van der Waals surface area (Å²) >= 11 is 3.11. The third-order valence-electron chi connectivity index (χ3n) is 2.98. The van der Waals surface area contributed by atoms with E-state index in [-0.39, 0.29) is 11.2 Å². The SMILES string of the molecule is CC(C)(C)c1cc(CN)cc(Oc2ccc(Br)c(F)c2)n1. The minimum atomic E-state index is -0.376. The van der Waals surface area contributed by atoms with E-state index in [9.17, 15) is 4.39 Å². The van der Waals surface area contributed by atoms with Crippen LogP contribution in [-0.2, 0) is 12.0 Å². The van der Waals surface area contributed by atoms with Crippen LogP contribution in [0.4, 0.5) is 4.39 Å². The van der Waals surface area contributed by atoms with Crippen molar-refractivity contribution in [2.75, 3.05) is 0 Å². The van der Waals surface area contributed by atoms with Gasteiger partial charge in [-0.05, 0) is 39.7 Å². The van der Waals surface area contributed by atoms with Crippen LogP contribution in [0.15, 0.2) is 34.8 Å². The van der Waals surface area contributed by atoms with E-state index in [0.29, 0.717) is 22.6 Å². The molecule has 112 valence electrons. The first-order chi connectivity index (χ1) is 9.79. The second kappa shape index (κ2) is 6.12. The predicted molar refractivity (Wildman–Crippen MR) is 85.0 cm³/mol. The van der Waals surface area contributed by atoms with Crippen molar-refractivity contribution in [2.24, 2.45) is 5.73 Å². The maximum absolute atomic E-state index is 13.5. The van der Waals surface area contributed by atoms with Crippen molar-refractivity contribution < 1.29 is 9.13 Å². The highest BCUT2D eigenvalue weighted by molar-refractivity contribution is 9.10. The fourth-order valence-electron chi connectivity index (χ4n) is 1.77. The Morgan fingerprint density at radius 3 is 2.52 bits per heavy atom. The number of hydrogen-bond acceptors (Lipinski definition) is 3. The molecule has 0 saturated heterocycles. The number of nitrogens with zero attached hydrogens (tertiary/aromatic N) is 1. The fourth-order valence-corrected chi connectivity index (χ4v) is 2.02. The van der Waals surface area contributed by atoms with Crippen LogP contribution in [0.25, 0.3) is 0 Å². The molecule has 1 aromatic carbocycles. The zero-order chi connectivity index (χ0) is 15.6. The second-order valence-electron chi connectivity index (χ2n) is 5.83. The first-order valence-electron chi connectivity index (χ1n) is 6.64. The molecule has 0 aliphatic heterocycles. The van der Waals surface area contributed by atoms with Gasteiger partial charge >= 0.3 is 0 Å². The van der Waals surface area contributed by atoms with Gasteiger partial charge in [-0.3, -0.25) is 0 Å². The van der Waals surface area contributed by atoms with Crippen LogP contribution in [0, 0.1) is 5.82 Å². The summed E-state index contributed by atoms with van der Waals surface area (Å²) in [5.74, 6) is 0.445. The molecular formula is C16H18BrFN2O. The molecule has 5 heteroatoms. The summed E-state index contributed by atoms with van der Waals surface area (Å²) in [5.41, 5.74) is 7.42. The van der Waals surface area contributed by atoms with Crippen molar-refractivity contribution in [1.29, 1.82) is 0 Å². The van der Waals surface area contributed by atoms with Gasteiger partial charge in [0.05, 0.1) is 10.2 Å². The van der Waals surface area contributed by atoms with Gasteiger partial charge in [-0.2, -0.15) is 0 Å². The van der Waals surface area contributed by atoms with Crippen LogP contribution in [0.1, 0.15) is 32.0 Å². The number of rotatable bonds is 3. The summed E-state index contributed by atoms with van der Waals surface area (Å²) in [4.78, 5) is 4.49. The minimum Gasteiger partial charge on any atom is -0.439 e. The van der Waals surface area contributed by atoms with Gasteiger partial charge in [-0.1, -0.05) is 20.8 Å². The minimum absolute atomic E-state index is 0.117. The van der Waals surface area contributed by atoms with Gasteiger partial charge in [-0.15, -0.1) is 0 Å². The van der Waals surface area contributed by atoms with Gasteiger partial charge in [0.15, 0.2) is 0 Å². The number of pyridine rings is 1. The average Bonchev–Trinajstić information content (AvgIpc) is 2.41. The topological polar surface area (TPSA) is 48.1 Å². The Labute approximate surface area is 132 Å². The molecule has 0 amide bonds. The van der Waals surface area contributed by atoms with Crippen LogP contribution < -0.4 is 10.5 Å². The van der Waals surface area contributed by atoms with E-state index >= 15 is 0 Å². The van der Waals surface area contributed by atoms with E-state index in [2.05, 4.69) is 41.7 Å². The van der Waals surface area contributed by atoms with Crippen molar-refractivity contribution in [3.8, 4) is 11.6 Å². The van der Waals surface area contributed by atoms with E-state index in [1.54, 1.807) is 18.2 Å². The van der Waals surface area contributed by atoms with Crippen molar-refractivity contribution in [1.82, 2.24) is 4.98 Å². The Kier molecular flexibility index (Phi) is 4.64. The molecule has 0 aliphatic carbocycles. The molecule has 1 aromatic heterocycles. The Hall–Kier alpha value is -1.46. The number of aromatic nitrogens is 1. The Bertz CT molecular complexity index is 653. The molecule has 0 spiro atoms. The first-order valence-corrected chi connectivity index (χ1v) is 7.43. The molecule has 21 heavy (non-hydrogen) atoms. The fraction of sp³-hybridized carbons (Fsp3) is 0.312. The van der Waals surface area contributed by atoms with Crippen molar-refractivity contribution in [3.63, 3.8) is 0 Å². The average molecular weight is 353 g/mol. The van der Waals surface area contributed by atoms with Crippen LogP contribution >= 0.6 is 15.9 Å². The first kappa shape index (κ1) is 15.9. The van der Waals surface area contributed by atoms with Gasteiger partial charge in [0.2, 0.25) is 5.88 Å². The second-order valence-corrected chi connectivity index (χ2v) is 6.69. The van der Waals surface area contributed by atoms with Gasteiger partial charge < -0.3 is 10.5 Å². The summed E-state index contributed by atoms with van der Waals surface area (Å²) in [5, 5.41) is 0. The predicted octanol–water partition coefficient (Wildman–Crippen LogP) is 4.53. The Morgan fingerprint density at radius 2 is 1.95 bits per heavy atom. The van der Waals surface area contributed by atoms with Crippen molar-refractivity contribution in [3.05, 3.63) is 51.9 Å². The van der Waals surface area contributed by atoms with Crippen LogP contribution in [-0.4, -0.2) is 4.98 Å². The third-order valence-corrected chi connectivity index (χ3v) is 3.62. The summed E-state index contributed by atoms with van der Waals surface area (Å²) in [6, 6.07) is 8.34. The van der Waals surface area contributed by atoms with E-state index in [4.69, 9.17) is 10.5 Å². The van der Waals surface area contributed by atoms with E-state index < -0.39 is 0 Å². The lowest BCUT2D eigenvalue weighted by Crippen LogP contribution is -2.15. The Morgan fingerprint density at radius 1 is 1.24 bits per heavy atom. The Balaban J connectivity index is 2.36. The lowest BCUT2D eigenvalue weighted by Gasteiger charge is -2.19. The van der Waals surface area contributed by atoms with Crippen molar-refractivity contribution in [2.45, 2.75) is 32.7 Å². The van der Waals surface area contributed by atoms with Crippen LogP contribution in [0.5, 0.6) is 11.6 Å². The van der Waals surface area contributed by atoms with Gasteiger partial charge in [-0.25, -0.2) is 9.37 Å².